The number of benzene rings is 1. The second kappa shape index (κ2) is 8.76. The van der Waals surface area contributed by atoms with Crippen LogP contribution in [-0.4, -0.2) is 25.2 Å². The number of nitrogen functional groups attached to an aromatic ring is 1. The highest BCUT2D eigenvalue weighted by molar-refractivity contribution is 5.49. The quantitative estimate of drug-likeness (QED) is 0.588. The van der Waals surface area contributed by atoms with Gasteiger partial charge in [-0.15, -0.1) is 0 Å². The van der Waals surface area contributed by atoms with Crippen LogP contribution in [0.4, 0.5) is 5.69 Å². The van der Waals surface area contributed by atoms with Crippen molar-refractivity contribution in [1.82, 2.24) is 5.32 Å². The van der Waals surface area contributed by atoms with Crippen molar-refractivity contribution in [2.24, 2.45) is 5.73 Å². The zero-order valence-electron chi connectivity index (χ0n) is 13.9. The molecular weight excluding hydrogens is 278 g/mol. The van der Waals surface area contributed by atoms with Crippen LogP contribution in [0.25, 0.3) is 0 Å². The molecule has 22 heavy (non-hydrogen) atoms. The number of hydrogen-bond donors (Lipinski definition) is 3. The van der Waals surface area contributed by atoms with Crippen LogP contribution >= 0.6 is 0 Å². The van der Waals surface area contributed by atoms with Gasteiger partial charge in [-0.05, 0) is 69.8 Å². The van der Waals surface area contributed by atoms with Crippen molar-refractivity contribution in [1.29, 1.82) is 0 Å². The molecule has 1 aliphatic rings. The molecule has 0 spiro atoms. The first-order valence-corrected chi connectivity index (χ1v) is 7.78. The number of rotatable bonds is 3. The van der Waals surface area contributed by atoms with Gasteiger partial charge in [0.25, 0.3) is 6.47 Å². The van der Waals surface area contributed by atoms with E-state index in [0.29, 0.717) is 18.9 Å². The van der Waals surface area contributed by atoms with Crippen LogP contribution in [-0.2, 0) is 16.1 Å². The van der Waals surface area contributed by atoms with Crippen molar-refractivity contribution >= 4 is 12.2 Å². The predicted molar refractivity (Wildman–Crippen MR) is 90.5 cm³/mol. The third-order valence-corrected chi connectivity index (χ3v) is 3.60. The van der Waals surface area contributed by atoms with Gasteiger partial charge >= 0.3 is 0 Å². The van der Waals surface area contributed by atoms with Crippen LogP contribution in [0, 0.1) is 0 Å². The van der Waals surface area contributed by atoms with Gasteiger partial charge in [0, 0.05) is 12.2 Å². The SMILES string of the molecule is CC(C)(C)OC=O.NCc1cc(C2CCNCC2)ccc1N. The van der Waals surface area contributed by atoms with E-state index in [-0.39, 0.29) is 5.60 Å². The van der Waals surface area contributed by atoms with E-state index < -0.39 is 0 Å². The summed E-state index contributed by atoms with van der Waals surface area (Å²) in [4.78, 5) is 9.60. The van der Waals surface area contributed by atoms with Crippen LogP contribution in [0.15, 0.2) is 18.2 Å². The van der Waals surface area contributed by atoms with Gasteiger partial charge in [-0.25, -0.2) is 0 Å². The maximum atomic E-state index is 9.60. The van der Waals surface area contributed by atoms with Gasteiger partial charge in [0.15, 0.2) is 0 Å². The average molecular weight is 307 g/mol. The van der Waals surface area contributed by atoms with Crippen LogP contribution in [0.1, 0.15) is 50.7 Å². The second-order valence-electron chi connectivity index (χ2n) is 6.51. The van der Waals surface area contributed by atoms with Gasteiger partial charge in [-0.2, -0.15) is 0 Å². The fourth-order valence-electron chi connectivity index (χ4n) is 2.36. The molecule has 0 aromatic heterocycles. The number of piperidine rings is 1. The Hall–Kier alpha value is -1.59. The molecule has 2 rings (SSSR count). The summed E-state index contributed by atoms with van der Waals surface area (Å²) in [6, 6.07) is 6.30. The molecule has 0 aliphatic carbocycles. The maximum absolute atomic E-state index is 9.60. The van der Waals surface area contributed by atoms with E-state index in [1.54, 1.807) is 0 Å². The molecule has 124 valence electrons. The first-order chi connectivity index (χ1) is 10.4. The first-order valence-electron chi connectivity index (χ1n) is 7.78. The molecular formula is C17H29N3O2. The van der Waals surface area contributed by atoms with Crippen molar-refractivity contribution in [3.05, 3.63) is 29.3 Å². The minimum absolute atomic E-state index is 0.318. The number of nitrogens with two attached hydrogens (primary N) is 2. The zero-order chi connectivity index (χ0) is 16.6. The summed E-state index contributed by atoms with van der Waals surface area (Å²) in [7, 11) is 0. The molecule has 1 fully saturated rings. The number of carbonyl (C=O) groups is 1. The highest BCUT2D eigenvalue weighted by Crippen LogP contribution is 2.27. The molecule has 5 heteroatoms. The molecule has 1 aliphatic heterocycles. The summed E-state index contributed by atoms with van der Waals surface area (Å²) in [5, 5.41) is 3.38. The predicted octanol–water partition coefficient (Wildman–Crippen LogP) is 2.15. The fourth-order valence-corrected chi connectivity index (χ4v) is 2.36. The lowest BCUT2D eigenvalue weighted by atomic mass is 9.89. The molecule has 0 saturated carbocycles. The van der Waals surface area contributed by atoms with E-state index in [0.717, 1.165) is 24.3 Å². The molecule has 5 N–H and O–H groups in total. The Bertz CT molecular complexity index is 463. The average Bonchev–Trinajstić information content (AvgIpc) is 2.48. The highest BCUT2D eigenvalue weighted by atomic mass is 16.5. The Labute approximate surface area is 133 Å². The Balaban J connectivity index is 0.000000295. The Morgan fingerprint density at radius 3 is 2.41 bits per heavy atom. The van der Waals surface area contributed by atoms with E-state index in [1.807, 2.05) is 26.8 Å². The molecule has 0 amide bonds. The van der Waals surface area contributed by atoms with E-state index >= 15 is 0 Å². The van der Waals surface area contributed by atoms with Crippen molar-refractivity contribution in [3.63, 3.8) is 0 Å². The number of anilines is 1. The molecule has 1 aromatic rings. The van der Waals surface area contributed by atoms with Crippen molar-refractivity contribution in [2.75, 3.05) is 18.8 Å². The van der Waals surface area contributed by atoms with E-state index in [9.17, 15) is 4.79 Å². The summed E-state index contributed by atoms with van der Waals surface area (Å²) in [5.41, 5.74) is 14.5. The molecule has 5 nitrogen and oxygen atoms in total. The zero-order valence-corrected chi connectivity index (χ0v) is 13.9. The molecule has 1 heterocycles. The Morgan fingerprint density at radius 2 is 1.95 bits per heavy atom. The van der Waals surface area contributed by atoms with Crippen molar-refractivity contribution in [2.45, 2.75) is 51.7 Å². The number of hydrogen-bond acceptors (Lipinski definition) is 5. The van der Waals surface area contributed by atoms with Gasteiger partial charge < -0.3 is 21.5 Å². The van der Waals surface area contributed by atoms with Gasteiger partial charge in [0.05, 0.1) is 0 Å². The highest BCUT2D eigenvalue weighted by Gasteiger charge is 2.15. The van der Waals surface area contributed by atoms with E-state index in [4.69, 9.17) is 11.5 Å². The van der Waals surface area contributed by atoms with Crippen LogP contribution in [0.5, 0.6) is 0 Å². The lowest BCUT2D eigenvalue weighted by Gasteiger charge is -2.23. The standard InChI is InChI=1S/C12H19N3.C5H10O2/c13-8-11-7-10(1-2-12(11)14)9-3-5-15-6-4-9;1-5(2,3)7-4-6/h1-2,7,9,15H,3-6,8,13-14H2;4H,1-3H3. The van der Waals surface area contributed by atoms with E-state index in [1.165, 1.54) is 18.4 Å². The number of nitrogens with one attached hydrogen (secondary N) is 1. The van der Waals surface area contributed by atoms with Crippen LogP contribution in [0.3, 0.4) is 0 Å². The van der Waals surface area contributed by atoms with Gasteiger partial charge in [-0.1, -0.05) is 12.1 Å². The minimum atomic E-state index is -0.318. The van der Waals surface area contributed by atoms with Gasteiger partial charge in [-0.3, -0.25) is 4.79 Å². The molecule has 1 saturated heterocycles. The lowest BCUT2D eigenvalue weighted by molar-refractivity contribution is -0.138. The van der Waals surface area contributed by atoms with Crippen molar-refractivity contribution in [3.8, 4) is 0 Å². The number of ether oxygens (including phenoxy) is 1. The topological polar surface area (TPSA) is 90.4 Å². The largest absolute Gasteiger partial charge is 0.462 e. The third-order valence-electron chi connectivity index (χ3n) is 3.60. The lowest BCUT2D eigenvalue weighted by Crippen LogP contribution is -2.26. The molecule has 0 radical (unpaired) electrons. The Morgan fingerprint density at radius 1 is 1.32 bits per heavy atom. The summed E-state index contributed by atoms with van der Waals surface area (Å²) < 4.78 is 4.55. The van der Waals surface area contributed by atoms with Gasteiger partial charge in [0.2, 0.25) is 0 Å². The molecule has 0 unspecified atom stereocenters. The summed E-state index contributed by atoms with van der Waals surface area (Å²) in [6.07, 6.45) is 2.43. The normalized spacial score (nSPS) is 15.6. The monoisotopic (exact) mass is 307 g/mol. The molecule has 0 atom stereocenters. The molecule has 0 bridgehead atoms. The fraction of sp³-hybridized carbons (Fsp3) is 0.588. The van der Waals surface area contributed by atoms with Crippen molar-refractivity contribution < 1.29 is 9.53 Å². The summed E-state index contributed by atoms with van der Waals surface area (Å²) in [6.45, 7) is 8.69. The maximum Gasteiger partial charge on any atom is 0.293 e. The van der Waals surface area contributed by atoms with Crippen LogP contribution < -0.4 is 16.8 Å². The van der Waals surface area contributed by atoms with Gasteiger partial charge in [0.1, 0.15) is 5.60 Å². The minimum Gasteiger partial charge on any atom is -0.462 e. The smallest absolute Gasteiger partial charge is 0.293 e. The summed E-state index contributed by atoms with van der Waals surface area (Å²) >= 11 is 0. The third kappa shape index (κ3) is 6.45. The van der Waals surface area contributed by atoms with Crippen LogP contribution in [0.2, 0.25) is 0 Å². The first kappa shape index (κ1) is 18.5. The molecule has 1 aromatic carbocycles. The number of carbonyl (C=O) groups excluding carboxylic acids is 1. The second-order valence-corrected chi connectivity index (χ2v) is 6.51. The summed E-state index contributed by atoms with van der Waals surface area (Å²) in [5.74, 6) is 0.678. The van der Waals surface area contributed by atoms with E-state index in [2.05, 4.69) is 22.2 Å². The Kier molecular flexibility index (Phi) is 7.35.